The van der Waals surface area contributed by atoms with Gasteiger partial charge in [0, 0.05) is 12.5 Å². The lowest BCUT2D eigenvalue weighted by molar-refractivity contribution is -0.155. The predicted octanol–water partition coefficient (Wildman–Crippen LogP) is 2.35. The number of esters is 1. The lowest BCUT2D eigenvalue weighted by Gasteiger charge is -2.22. The van der Waals surface area contributed by atoms with E-state index in [-0.39, 0.29) is 11.6 Å². The molecule has 90 valence electrons. The molecule has 0 aromatic heterocycles. The summed E-state index contributed by atoms with van der Waals surface area (Å²) in [7, 11) is 1.93. The summed E-state index contributed by atoms with van der Waals surface area (Å²) < 4.78 is 5.25. The number of hydrogen-bond donors (Lipinski definition) is 1. The topological polar surface area (TPSA) is 38.3 Å². The van der Waals surface area contributed by atoms with Gasteiger partial charge in [0.25, 0.3) is 0 Å². The quantitative estimate of drug-likeness (QED) is 0.715. The number of rotatable bonds is 5. The Labute approximate surface area is 93.6 Å². The van der Waals surface area contributed by atoms with Crippen LogP contribution >= 0.6 is 0 Å². The molecule has 1 atom stereocenters. The summed E-state index contributed by atoms with van der Waals surface area (Å²) in [6.45, 7) is 9.97. The number of hydrogen-bond acceptors (Lipinski definition) is 3. The van der Waals surface area contributed by atoms with Gasteiger partial charge in [-0.2, -0.15) is 0 Å². The molecule has 0 aliphatic rings. The summed E-state index contributed by atoms with van der Waals surface area (Å²) >= 11 is 0. The maximum atomic E-state index is 11.5. The van der Waals surface area contributed by atoms with Gasteiger partial charge in [0.05, 0.1) is 0 Å². The van der Waals surface area contributed by atoms with Crippen molar-refractivity contribution in [1.82, 2.24) is 5.32 Å². The van der Waals surface area contributed by atoms with Crippen molar-refractivity contribution in [2.24, 2.45) is 5.92 Å². The van der Waals surface area contributed by atoms with E-state index in [1.165, 1.54) is 0 Å². The van der Waals surface area contributed by atoms with Crippen molar-refractivity contribution in [3.63, 3.8) is 0 Å². The number of carbonyl (C=O) groups is 1. The van der Waals surface area contributed by atoms with Gasteiger partial charge in [-0.3, -0.25) is 4.79 Å². The zero-order chi connectivity index (χ0) is 12.1. The Morgan fingerprint density at radius 1 is 1.33 bits per heavy atom. The van der Waals surface area contributed by atoms with Crippen LogP contribution in [0, 0.1) is 5.92 Å². The molecule has 0 aromatic carbocycles. The minimum absolute atomic E-state index is 0.108. The minimum Gasteiger partial charge on any atom is -0.460 e. The van der Waals surface area contributed by atoms with Gasteiger partial charge in [-0.1, -0.05) is 13.8 Å². The third kappa shape index (κ3) is 7.37. The van der Waals surface area contributed by atoms with E-state index < -0.39 is 0 Å². The van der Waals surface area contributed by atoms with Gasteiger partial charge < -0.3 is 10.1 Å². The molecular formula is C12H25NO2. The van der Waals surface area contributed by atoms with Gasteiger partial charge in [-0.15, -0.1) is 0 Å². The molecule has 0 rings (SSSR count). The van der Waals surface area contributed by atoms with E-state index in [9.17, 15) is 4.79 Å². The Morgan fingerprint density at radius 3 is 2.20 bits per heavy atom. The van der Waals surface area contributed by atoms with Crippen molar-refractivity contribution in [1.29, 1.82) is 0 Å². The van der Waals surface area contributed by atoms with Crippen LogP contribution < -0.4 is 5.32 Å². The summed E-state index contributed by atoms with van der Waals surface area (Å²) in [5.74, 6) is 0.431. The molecule has 0 aliphatic carbocycles. The molecule has 3 nitrogen and oxygen atoms in total. The van der Waals surface area contributed by atoms with Gasteiger partial charge >= 0.3 is 5.97 Å². The van der Waals surface area contributed by atoms with Crippen LogP contribution in [0.4, 0.5) is 0 Å². The third-order valence-electron chi connectivity index (χ3n) is 2.26. The van der Waals surface area contributed by atoms with Gasteiger partial charge in [-0.05, 0) is 40.2 Å². The van der Waals surface area contributed by atoms with Crippen LogP contribution in [0.15, 0.2) is 0 Å². The van der Waals surface area contributed by atoms with E-state index in [1.54, 1.807) is 0 Å². The first-order valence-electron chi connectivity index (χ1n) is 5.65. The summed E-state index contributed by atoms with van der Waals surface area (Å²) in [4.78, 5) is 11.5. The molecule has 0 aromatic rings. The molecule has 0 bridgehead atoms. The fourth-order valence-corrected chi connectivity index (χ4v) is 1.48. The lowest BCUT2D eigenvalue weighted by atomic mass is 9.99. The lowest BCUT2D eigenvalue weighted by Crippen LogP contribution is -2.32. The van der Waals surface area contributed by atoms with Crippen LogP contribution in [-0.4, -0.2) is 24.7 Å². The summed E-state index contributed by atoms with van der Waals surface area (Å²) in [5, 5.41) is 3.21. The second kappa shape index (κ2) is 6.11. The Bertz CT molecular complexity index is 194. The molecule has 0 saturated carbocycles. The monoisotopic (exact) mass is 215 g/mol. The number of carbonyl (C=O) groups excluding carboxylic acids is 1. The van der Waals surface area contributed by atoms with Gasteiger partial charge in [-0.25, -0.2) is 0 Å². The molecule has 3 heteroatoms. The highest BCUT2D eigenvalue weighted by atomic mass is 16.6. The van der Waals surface area contributed by atoms with E-state index in [2.05, 4.69) is 19.2 Å². The molecule has 0 aliphatic heterocycles. The largest absolute Gasteiger partial charge is 0.460 e. The normalized spacial score (nSPS) is 14.1. The van der Waals surface area contributed by atoms with Crippen molar-refractivity contribution < 1.29 is 9.53 Å². The van der Waals surface area contributed by atoms with E-state index in [0.717, 1.165) is 6.42 Å². The molecule has 0 heterocycles. The van der Waals surface area contributed by atoms with Crippen LogP contribution in [0.25, 0.3) is 0 Å². The zero-order valence-corrected chi connectivity index (χ0v) is 10.9. The van der Waals surface area contributed by atoms with Crippen molar-refractivity contribution in [3.8, 4) is 0 Å². The van der Waals surface area contributed by atoms with E-state index in [1.807, 2.05) is 27.8 Å². The Balaban J connectivity index is 3.89. The first-order chi connectivity index (χ1) is 6.76. The molecule has 0 amide bonds. The molecule has 0 spiro atoms. The smallest absolute Gasteiger partial charge is 0.306 e. The second-order valence-corrected chi connectivity index (χ2v) is 5.26. The molecule has 0 fully saturated rings. The standard InChI is InChI=1S/C12H25NO2/c1-9(2)10(13-6)7-8-11(14)15-12(3,4)5/h9-10,13H,7-8H2,1-6H3/t10-/m1/s1. The molecule has 0 unspecified atom stereocenters. The average Bonchev–Trinajstić information content (AvgIpc) is 2.01. The Morgan fingerprint density at radius 2 is 1.87 bits per heavy atom. The van der Waals surface area contributed by atoms with Gasteiger partial charge in [0.2, 0.25) is 0 Å². The number of nitrogens with one attached hydrogen (secondary N) is 1. The highest BCUT2D eigenvalue weighted by molar-refractivity contribution is 5.69. The highest BCUT2D eigenvalue weighted by Crippen LogP contribution is 2.12. The Hall–Kier alpha value is -0.570. The van der Waals surface area contributed by atoms with E-state index >= 15 is 0 Å². The third-order valence-corrected chi connectivity index (χ3v) is 2.26. The maximum Gasteiger partial charge on any atom is 0.306 e. The van der Waals surface area contributed by atoms with Gasteiger partial charge in [0.15, 0.2) is 0 Å². The van der Waals surface area contributed by atoms with Crippen LogP contribution in [-0.2, 0) is 9.53 Å². The van der Waals surface area contributed by atoms with Crippen molar-refractivity contribution in [3.05, 3.63) is 0 Å². The van der Waals surface area contributed by atoms with Crippen LogP contribution in [0.3, 0.4) is 0 Å². The molecule has 15 heavy (non-hydrogen) atoms. The van der Waals surface area contributed by atoms with E-state index in [4.69, 9.17) is 4.74 Å². The summed E-state index contributed by atoms with van der Waals surface area (Å²) in [5.41, 5.74) is -0.371. The van der Waals surface area contributed by atoms with Crippen molar-refractivity contribution in [2.75, 3.05) is 7.05 Å². The van der Waals surface area contributed by atoms with Crippen LogP contribution in [0.1, 0.15) is 47.5 Å². The zero-order valence-electron chi connectivity index (χ0n) is 10.9. The first kappa shape index (κ1) is 14.4. The fourth-order valence-electron chi connectivity index (χ4n) is 1.48. The van der Waals surface area contributed by atoms with Gasteiger partial charge in [0.1, 0.15) is 5.60 Å². The molecular weight excluding hydrogens is 190 g/mol. The second-order valence-electron chi connectivity index (χ2n) is 5.26. The fraction of sp³-hybridized carbons (Fsp3) is 0.917. The van der Waals surface area contributed by atoms with Crippen LogP contribution in [0.2, 0.25) is 0 Å². The summed E-state index contributed by atoms with van der Waals surface area (Å²) in [6, 6.07) is 0.387. The summed E-state index contributed by atoms with van der Waals surface area (Å²) in [6.07, 6.45) is 1.32. The molecule has 0 saturated heterocycles. The highest BCUT2D eigenvalue weighted by Gasteiger charge is 2.18. The predicted molar refractivity (Wildman–Crippen MR) is 62.8 cm³/mol. The number of ether oxygens (including phenoxy) is 1. The van der Waals surface area contributed by atoms with Crippen LogP contribution in [0.5, 0.6) is 0 Å². The molecule has 1 N–H and O–H groups in total. The van der Waals surface area contributed by atoms with Crippen molar-refractivity contribution in [2.45, 2.75) is 59.1 Å². The minimum atomic E-state index is -0.371. The Kier molecular flexibility index (Phi) is 5.88. The SMILES string of the molecule is CN[C@H](CCC(=O)OC(C)(C)C)C(C)C. The first-order valence-corrected chi connectivity index (χ1v) is 5.65. The average molecular weight is 215 g/mol. The van der Waals surface area contributed by atoms with E-state index in [0.29, 0.717) is 18.4 Å². The van der Waals surface area contributed by atoms with Crippen molar-refractivity contribution >= 4 is 5.97 Å². The maximum absolute atomic E-state index is 11.5. The molecule has 0 radical (unpaired) electrons.